The van der Waals surface area contributed by atoms with E-state index in [1.54, 1.807) is 18.2 Å². The first-order valence-electron chi connectivity index (χ1n) is 6.56. The van der Waals surface area contributed by atoms with Crippen molar-refractivity contribution in [3.05, 3.63) is 33.3 Å². The van der Waals surface area contributed by atoms with Gasteiger partial charge in [-0.1, -0.05) is 17.7 Å². The summed E-state index contributed by atoms with van der Waals surface area (Å²) in [5.74, 6) is -1.45. The zero-order valence-corrected chi connectivity index (χ0v) is 13.4. The summed E-state index contributed by atoms with van der Waals surface area (Å²) in [7, 11) is 0. The SMILES string of the molecule is O=C(Cc1ccc(Br)c(Cl)c1)N1CCC(C(F)(F)F)CC1. The minimum Gasteiger partial charge on any atom is -0.342 e. The van der Waals surface area contributed by atoms with Gasteiger partial charge in [-0.2, -0.15) is 13.2 Å². The number of halogens is 5. The summed E-state index contributed by atoms with van der Waals surface area (Å²) in [5, 5.41) is 0.510. The number of nitrogens with zero attached hydrogens (tertiary/aromatic N) is 1. The van der Waals surface area contributed by atoms with Crippen LogP contribution in [-0.2, 0) is 11.2 Å². The maximum Gasteiger partial charge on any atom is 0.391 e. The molecule has 0 unspecified atom stereocenters. The highest BCUT2D eigenvalue weighted by molar-refractivity contribution is 9.10. The van der Waals surface area contributed by atoms with Crippen molar-refractivity contribution in [2.75, 3.05) is 13.1 Å². The van der Waals surface area contributed by atoms with E-state index in [1.165, 1.54) is 4.90 Å². The maximum atomic E-state index is 12.6. The number of hydrogen-bond acceptors (Lipinski definition) is 1. The van der Waals surface area contributed by atoms with Gasteiger partial charge >= 0.3 is 6.18 Å². The van der Waals surface area contributed by atoms with E-state index in [0.717, 1.165) is 10.0 Å². The number of amides is 1. The first kappa shape index (κ1) is 16.6. The lowest BCUT2D eigenvalue weighted by Gasteiger charge is -2.33. The molecule has 0 aliphatic carbocycles. The van der Waals surface area contributed by atoms with E-state index in [4.69, 9.17) is 11.6 Å². The molecule has 0 spiro atoms. The van der Waals surface area contributed by atoms with Crippen LogP contribution in [0.4, 0.5) is 13.2 Å². The Balaban J connectivity index is 1.92. The molecular formula is C14H14BrClF3NO. The second-order valence-electron chi connectivity index (χ2n) is 5.12. The number of piperidine rings is 1. The molecule has 7 heteroatoms. The zero-order chi connectivity index (χ0) is 15.6. The van der Waals surface area contributed by atoms with Crippen LogP contribution in [0.15, 0.2) is 22.7 Å². The third-order valence-corrected chi connectivity index (χ3v) is 4.88. The van der Waals surface area contributed by atoms with Crippen LogP contribution in [-0.4, -0.2) is 30.1 Å². The van der Waals surface area contributed by atoms with Gasteiger partial charge in [0, 0.05) is 17.6 Å². The van der Waals surface area contributed by atoms with E-state index >= 15 is 0 Å². The fraction of sp³-hybridized carbons (Fsp3) is 0.500. The Morgan fingerprint density at radius 1 is 1.33 bits per heavy atom. The Kier molecular flexibility index (Phi) is 5.20. The highest BCUT2D eigenvalue weighted by Gasteiger charge is 2.41. The standard InChI is InChI=1S/C14H14BrClF3NO/c15-11-2-1-9(7-12(11)16)8-13(21)20-5-3-10(4-6-20)14(17,18)19/h1-2,7,10H,3-6,8H2. The lowest BCUT2D eigenvalue weighted by Crippen LogP contribution is -2.42. The molecule has 2 rings (SSSR count). The van der Waals surface area contributed by atoms with Crippen molar-refractivity contribution >= 4 is 33.4 Å². The Hall–Kier alpha value is -0.750. The summed E-state index contributed by atoms with van der Waals surface area (Å²) in [6.45, 7) is 0.320. The largest absolute Gasteiger partial charge is 0.391 e. The lowest BCUT2D eigenvalue weighted by atomic mass is 9.96. The number of alkyl halides is 3. The maximum absolute atomic E-state index is 12.6. The van der Waals surface area contributed by atoms with E-state index in [1.807, 2.05) is 0 Å². The van der Waals surface area contributed by atoms with Gasteiger partial charge in [0.15, 0.2) is 0 Å². The fourth-order valence-electron chi connectivity index (χ4n) is 2.39. The Morgan fingerprint density at radius 2 is 1.95 bits per heavy atom. The third kappa shape index (κ3) is 4.36. The second kappa shape index (κ2) is 6.57. The average Bonchev–Trinajstić information content (AvgIpc) is 2.42. The summed E-state index contributed by atoms with van der Waals surface area (Å²) in [5.41, 5.74) is 0.756. The fourth-order valence-corrected chi connectivity index (χ4v) is 2.84. The van der Waals surface area contributed by atoms with Crippen molar-refractivity contribution in [2.45, 2.75) is 25.4 Å². The Bertz CT molecular complexity index is 527. The smallest absolute Gasteiger partial charge is 0.342 e. The second-order valence-corrected chi connectivity index (χ2v) is 6.38. The van der Waals surface area contributed by atoms with Crippen molar-refractivity contribution in [2.24, 2.45) is 5.92 Å². The first-order valence-corrected chi connectivity index (χ1v) is 7.73. The van der Waals surface area contributed by atoms with Crippen LogP contribution < -0.4 is 0 Å². The van der Waals surface area contributed by atoms with E-state index in [2.05, 4.69) is 15.9 Å². The molecule has 1 aromatic rings. The topological polar surface area (TPSA) is 20.3 Å². The Morgan fingerprint density at radius 3 is 2.48 bits per heavy atom. The van der Waals surface area contributed by atoms with E-state index in [-0.39, 0.29) is 38.3 Å². The van der Waals surface area contributed by atoms with Crippen LogP contribution in [0.2, 0.25) is 5.02 Å². The summed E-state index contributed by atoms with van der Waals surface area (Å²) in [4.78, 5) is 13.6. The molecule has 1 amide bonds. The molecule has 1 fully saturated rings. The molecule has 0 atom stereocenters. The summed E-state index contributed by atoms with van der Waals surface area (Å²) >= 11 is 9.22. The molecule has 0 radical (unpaired) electrons. The van der Waals surface area contributed by atoms with Crippen LogP contribution in [0.25, 0.3) is 0 Å². The van der Waals surface area contributed by atoms with Gasteiger partial charge < -0.3 is 4.90 Å². The van der Waals surface area contributed by atoms with Gasteiger partial charge in [-0.05, 0) is 46.5 Å². The molecule has 1 heterocycles. The monoisotopic (exact) mass is 383 g/mol. The molecule has 1 aromatic carbocycles. The van der Waals surface area contributed by atoms with Crippen molar-refractivity contribution in [1.29, 1.82) is 0 Å². The summed E-state index contributed by atoms with van der Waals surface area (Å²) < 4.78 is 38.5. The Labute approximate surface area is 134 Å². The molecule has 1 saturated heterocycles. The lowest BCUT2D eigenvalue weighted by molar-refractivity contribution is -0.186. The van der Waals surface area contributed by atoms with Crippen molar-refractivity contribution in [3.63, 3.8) is 0 Å². The third-order valence-electron chi connectivity index (χ3n) is 3.65. The minimum atomic E-state index is -4.16. The van der Waals surface area contributed by atoms with Crippen LogP contribution in [0.1, 0.15) is 18.4 Å². The number of rotatable bonds is 2. The number of carbonyl (C=O) groups excluding carboxylic acids is 1. The van der Waals surface area contributed by atoms with E-state index < -0.39 is 12.1 Å². The van der Waals surface area contributed by atoms with E-state index in [0.29, 0.717) is 5.02 Å². The molecule has 21 heavy (non-hydrogen) atoms. The van der Waals surface area contributed by atoms with Crippen molar-refractivity contribution in [1.82, 2.24) is 4.90 Å². The predicted octanol–water partition coefficient (Wildman–Crippen LogP) is 4.45. The minimum absolute atomic E-state index is 0.0175. The molecule has 0 bridgehead atoms. The van der Waals surface area contributed by atoms with Crippen LogP contribution >= 0.6 is 27.5 Å². The van der Waals surface area contributed by atoms with Gasteiger partial charge in [0.05, 0.1) is 17.4 Å². The van der Waals surface area contributed by atoms with Crippen LogP contribution in [0, 0.1) is 5.92 Å². The van der Waals surface area contributed by atoms with Gasteiger partial charge in [0.2, 0.25) is 5.91 Å². The molecule has 1 aliphatic rings. The molecule has 0 aromatic heterocycles. The van der Waals surface area contributed by atoms with Gasteiger partial charge in [-0.25, -0.2) is 0 Å². The number of carbonyl (C=O) groups is 1. The number of hydrogen-bond donors (Lipinski definition) is 0. The normalized spacial score (nSPS) is 17.1. The molecule has 116 valence electrons. The molecule has 1 aliphatic heterocycles. The molecule has 2 nitrogen and oxygen atoms in total. The zero-order valence-electron chi connectivity index (χ0n) is 11.1. The van der Waals surface area contributed by atoms with Crippen LogP contribution in [0.3, 0.4) is 0 Å². The number of likely N-dealkylation sites (tertiary alicyclic amines) is 1. The summed E-state index contributed by atoms with van der Waals surface area (Å²) in [6, 6.07) is 5.21. The van der Waals surface area contributed by atoms with Gasteiger partial charge in [0.1, 0.15) is 0 Å². The van der Waals surface area contributed by atoms with Gasteiger partial charge in [-0.3, -0.25) is 4.79 Å². The summed E-state index contributed by atoms with van der Waals surface area (Å²) in [6.07, 6.45) is -4.04. The molecule has 0 saturated carbocycles. The van der Waals surface area contributed by atoms with Gasteiger partial charge in [-0.15, -0.1) is 0 Å². The van der Waals surface area contributed by atoms with Crippen molar-refractivity contribution < 1.29 is 18.0 Å². The first-order chi connectivity index (χ1) is 9.77. The quantitative estimate of drug-likeness (QED) is 0.738. The molecule has 0 N–H and O–H groups in total. The van der Waals surface area contributed by atoms with Gasteiger partial charge in [0.25, 0.3) is 0 Å². The van der Waals surface area contributed by atoms with Crippen molar-refractivity contribution in [3.8, 4) is 0 Å². The highest BCUT2D eigenvalue weighted by Crippen LogP contribution is 2.34. The molecular weight excluding hydrogens is 371 g/mol. The average molecular weight is 385 g/mol. The number of benzene rings is 1. The van der Waals surface area contributed by atoms with Crippen LogP contribution in [0.5, 0.6) is 0 Å². The predicted molar refractivity (Wildman–Crippen MR) is 78.2 cm³/mol. The van der Waals surface area contributed by atoms with E-state index in [9.17, 15) is 18.0 Å². The highest BCUT2D eigenvalue weighted by atomic mass is 79.9.